The van der Waals surface area contributed by atoms with Crippen molar-refractivity contribution in [2.75, 3.05) is 6.26 Å². The number of nitrogens with two attached hydrogens (primary N) is 1. The van der Waals surface area contributed by atoms with E-state index in [0.717, 1.165) is 12.8 Å². The van der Waals surface area contributed by atoms with Crippen LogP contribution in [0, 0.1) is 5.92 Å². The van der Waals surface area contributed by atoms with Crippen molar-refractivity contribution in [3.63, 3.8) is 0 Å². The molecule has 0 saturated heterocycles. The van der Waals surface area contributed by atoms with Crippen LogP contribution in [0.15, 0.2) is 0 Å². The molecular weight excluding hydrogens is 238 g/mol. The molecule has 0 bridgehead atoms. The summed E-state index contributed by atoms with van der Waals surface area (Å²) in [7, 11) is -3.00. The number of ketones is 1. The van der Waals surface area contributed by atoms with Gasteiger partial charge in [0.2, 0.25) is 0 Å². The maximum Gasteiger partial charge on any atom is 0.150 e. The first-order chi connectivity index (χ1) is 7.80. The van der Waals surface area contributed by atoms with Gasteiger partial charge in [0.15, 0.2) is 0 Å². The van der Waals surface area contributed by atoms with Crippen LogP contribution in [0.25, 0.3) is 0 Å². The summed E-state index contributed by atoms with van der Waals surface area (Å²) in [5.74, 6) is 0.123. The molecule has 4 nitrogen and oxygen atoms in total. The number of sulfone groups is 1. The lowest BCUT2D eigenvalue weighted by Crippen LogP contribution is -2.31. The molecule has 100 valence electrons. The minimum atomic E-state index is -3.00. The highest BCUT2D eigenvalue weighted by molar-refractivity contribution is 7.91. The Balaban J connectivity index is 2.52. The van der Waals surface area contributed by atoms with Crippen LogP contribution in [0.1, 0.15) is 45.4 Å². The van der Waals surface area contributed by atoms with Gasteiger partial charge in [-0.05, 0) is 32.6 Å². The van der Waals surface area contributed by atoms with Gasteiger partial charge in [-0.15, -0.1) is 0 Å². The minimum absolute atomic E-state index is 0.0354. The fraction of sp³-hybridized carbons (Fsp3) is 0.917. The van der Waals surface area contributed by atoms with Crippen LogP contribution < -0.4 is 5.73 Å². The van der Waals surface area contributed by atoms with Gasteiger partial charge in [0.05, 0.1) is 5.25 Å². The van der Waals surface area contributed by atoms with Crippen molar-refractivity contribution < 1.29 is 13.2 Å². The highest BCUT2D eigenvalue weighted by Gasteiger charge is 2.31. The molecule has 0 aliphatic heterocycles. The van der Waals surface area contributed by atoms with Gasteiger partial charge in [-0.3, -0.25) is 4.79 Å². The Morgan fingerprint density at radius 1 is 1.41 bits per heavy atom. The molecule has 0 spiro atoms. The summed E-state index contributed by atoms with van der Waals surface area (Å²) in [6, 6.07) is 0.0354. The van der Waals surface area contributed by atoms with E-state index in [4.69, 9.17) is 5.73 Å². The van der Waals surface area contributed by atoms with Gasteiger partial charge in [0.1, 0.15) is 15.6 Å². The highest BCUT2D eigenvalue weighted by Crippen LogP contribution is 2.30. The van der Waals surface area contributed by atoms with Crippen molar-refractivity contribution in [2.45, 2.75) is 56.7 Å². The molecule has 1 saturated carbocycles. The smallest absolute Gasteiger partial charge is 0.150 e. The molecule has 0 radical (unpaired) electrons. The Bertz CT molecular complexity index is 362. The molecule has 1 rings (SSSR count). The normalized spacial score (nSPS) is 27.7. The van der Waals surface area contributed by atoms with Crippen LogP contribution >= 0.6 is 0 Å². The van der Waals surface area contributed by atoms with Crippen LogP contribution in [-0.2, 0) is 14.6 Å². The summed E-state index contributed by atoms with van der Waals surface area (Å²) in [5.41, 5.74) is 5.62. The van der Waals surface area contributed by atoms with Crippen LogP contribution in [0.2, 0.25) is 0 Å². The van der Waals surface area contributed by atoms with E-state index in [1.165, 1.54) is 6.26 Å². The van der Waals surface area contributed by atoms with Gasteiger partial charge in [-0.2, -0.15) is 0 Å². The first-order valence-corrected chi connectivity index (χ1v) is 8.23. The molecule has 0 heterocycles. The van der Waals surface area contributed by atoms with Gasteiger partial charge in [0.25, 0.3) is 0 Å². The second kappa shape index (κ2) is 5.96. The molecule has 1 aliphatic rings. The van der Waals surface area contributed by atoms with Crippen molar-refractivity contribution in [1.29, 1.82) is 0 Å². The molecule has 3 atom stereocenters. The van der Waals surface area contributed by atoms with Crippen LogP contribution in [0.5, 0.6) is 0 Å². The molecular formula is C12H23NO3S. The fourth-order valence-corrected chi connectivity index (χ4v) is 3.58. The number of hydrogen-bond donors (Lipinski definition) is 1. The largest absolute Gasteiger partial charge is 0.328 e. The Labute approximate surface area is 104 Å². The topological polar surface area (TPSA) is 77.2 Å². The fourth-order valence-electron chi connectivity index (χ4n) is 2.40. The van der Waals surface area contributed by atoms with Crippen LogP contribution in [0.4, 0.5) is 0 Å². The number of carbonyl (C=O) groups excluding carboxylic acids is 1. The van der Waals surface area contributed by atoms with Gasteiger partial charge in [-0.25, -0.2) is 8.42 Å². The Morgan fingerprint density at radius 2 is 2.06 bits per heavy atom. The molecule has 3 unspecified atom stereocenters. The van der Waals surface area contributed by atoms with Crippen molar-refractivity contribution in [3.05, 3.63) is 0 Å². The predicted octanol–water partition coefficient (Wildman–Crippen LogP) is 1.29. The average Bonchev–Trinajstić information content (AvgIpc) is 2.25. The quantitative estimate of drug-likeness (QED) is 0.809. The maximum absolute atomic E-state index is 11.9. The lowest BCUT2D eigenvalue weighted by molar-refractivity contribution is -0.123. The Morgan fingerprint density at radius 3 is 2.59 bits per heavy atom. The minimum Gasteiger partial charge on any atom is -0.328 e. The molecule has 0 aromatic heterocycles. The average molecular weight is 261 g/mol. The van der Waals surface area contributed by atoms with E-state index in [1.54, 1.807) is 0 Å². The zero-order chi connectivity index (χ0) is 13.1. The lowest BCUT2D eigenvalue weighted by atomic mass is 9.84. The van der Waals surface area contributed by atoms with Crippen molar-refractivity contribution in [1.82, 2.24) is 0 Å². The van der Waals surface area contributed by atoms with E-state index < -0.39 is 9.84 Å². The Kier molecular flexibility index (Phi) is 5.13. The van der Waals surface area contributed by atoms with E-state index in [2.05, 4.69) is 0 Å². The maximum atomic E-state index is 11.9. The first kappa shape index (κ1) is 14.6. The number of Topliss-reactive ketones (excluding diaryl/α,β-unsaturated/α-hetero) is 1. The van der Waals surface area contributed by atoms with E-state index >= 15 is 0 Å². The van der Waals surface area contributed by atoms with Crippen molar-refractivity contribution >= 4 is 15.6 Å². The van der Waals surface area contributed by atoms with E-state index in [-0.39, 0.29) is 23.0 Å². The van der Waals surface area contributed by atoms with Gasteiger partial charge < -0.3 is 5.73 Å². The molecule has 0 amide bonds. The number of hydrogen-bond acceptors (Lipinski definition) is 4. The number of rotatable bonds is 5. The SMILES string of the molecule is CC(N)CCC(=O)C1CCCC(S(C)(=O)=O)C1. The number of carbonyl (C=O) groups is 1. The third-order valence-electron chi connectivity index (χ3n) is 3.53. The summed E-state index contributed by atoms with van der Waals surface area (Å²) in [4.78, 5) is 11.9. The summed E-state index contributed by atoms with van der Waals surface area (Å²) >= 11 is 0. The molecule has 1 fully saturated rings. The summed E-state index contributed by atoms with van der Waals surface area (Å²) in [6.45, 7) is 1.88. The van der Waals surface area contributed by atoms with E-state index in [0.29, 0.717) is 25.7 Å². The van der Waals surface area contributed by atoms with Crippen molar-refractivity contribution in [2.24, 2.45) is 11.7 Å². The van der Waals surface area contributed by atoms with Gasteiger partial charge in [-0.1, -0.05) is 6.42 Å². The summed E-state index contributed by atoms with van der Waals surface area (Å²) in [6.07, 6.45) is 5.34. The van der Waals surface area contributed by atoms with Gasteiger partial charge >= 0.3 is 0 Å². The zero-order valence-electron chi connectivity index (χ0n) is 10.7. The standard InChI is InChI=1S/C12H23NO3S/c1-9(13)6-7-12(14)10-4-3-5-11(8-10)17(2,15)16/h9-11H,3-8,13H2,1-2H3. The predicted molar refractivity (Wildman–Crippen MR) is 68.5 cm³/mol. The Hall–Kier alpha value is -0.420. The molecule has 2 N–H and O–H groups in total. The monoisotopic (exact) mass is 261 g/mol. The second-order valence-corrected chi connectivity index (χ2v) is 7.62. The molecule has 0 aromatic rings. The molecule has 5 heteroatoms. The van der Waals surface area contributed by atoms with Crippen LogP contribution in [0.3, 0.4) is 0 Å². The second-order valence-electron chi connectivity index (χ2n) is 5.30. The molecule has 1 aliphatic carbocycles. The van der Waals surface area contributed by atoms with E-state index in [1.807, 2.05) is 6.92 Å². The molecule has 0 aromatic carbocycles. The highest BCUT2D eigenvalue weighted by atomic mass is 32.2. The zero-order valence-corrected chi connectivity index (χ0v) is 11.5. The summed E-state index contributed by atoms with van der Waals surface area (Å²) < 4.78 is 23.0. The summed E-state index contributed by atoms with van der Waals surface area (Å²) in [5, 5.41) is -0.319. The lowest BCUT2D eigenvalue weighted by Gasteiger charge is -2.27. The van der Waals surface area contributed by atoms with E-state index in [9.17, 15) is 13.2 Å². The van der Waals surface area contributed by atoms with Crippen molar-refractivity contribution in [3.8, 4) is 0 Å². The third kappa shape index (κ3) is 4.76. The first-order valence-electron chi connectivity index (χ1n) is 6.28. The van der Waals surface area contributed by atoms with Crippen LogP contribution in [-0.4, -0.2) is 31.7 Å². The third-order valence-corrected chi connectivity index (χ3v) is 5.17. The molecule has 17 heavy (non-hydrogen) atoms. The van der Waals surface area contributed by atoms with Gasteiger partial charge in [0, 0.05) is 24.6 Å².